The second-order valence-electron chi connectivity index (χ2n) is 10.8. The first kappa shape index (κ1) is 33.1. The molecule has 1 aliphatic rings. The molecule has 236 valence electrons. The van der Waals surface area contributed by atoms with Gasteiger partial charge in [-0.15, -0.1) is 0 Å². The van der Waals surface area contributed by atoms with E-state index in [1.165, 1.54) is 30.2 Å². The Balaban J connectivity index is 1.70. The van der Waals surface area contributed by atoms with E-state index in [0.717, 1.165) is 42.0 Å². The Hall–Kier alpha value is -3.76. The van der Waals surface area contributed by atoms with Crippen molar-refractivity contribution in [2.45, 2.75) is 69.0 Å². The van der Waals surface area contributed by atoms with Crippen molar-refractivity contribution in [3.05, 3.63) is 83.4 Å². The van der Waals surface area contributed by atoms with Gasteiger partial charge >= 0.3 is 0 Å². The van der Waals surface area contributed by atoms with Crippen LogP contribution < -0.4 is 19.1 Å². The summed E-state index contributed by atoms with van der Waals surface area (Å²) in [7, 11) is -1.16. The van der Waals surface area contributed by atoms with Gasteiger partial charge in [0, 0.05) is 17.6 Å². The van der Waals surface area contributed by atoms with E-state index in [9.17, 15) is 18.0 Å². The SMILES string of the molecule is CC[C@@H](C(=O)NC1CCCCC1)N(Cc1ccc(OC)cc1)C(=O)CN(c1cccc(Cl)c1)S(=O)(=O)c1ccc(OC)cc1. The first-order chi connectivity index (χ1) is 21.2. The fraction of sp³-hybridized carbons (Fsp3) is 0.394. The van der Waals surface area contributed by atoms with Crippen LogP contribution in [0.5, 0.6) is 11.5 Å². The standard InChI is InChI=1S/C33H40ClN3O6S/c1-4-31(33(39)35-26-10-6-5-7-11-26)36(22-24-13-15-28(42-2)16-14-24)32(38)23-37(27-12-8-9-25(34)21-27)44(40,41)30-19-17-29(43-3)18-20-30/h8-9,12-21,26,31H,4-7,10-11,22-23H2,1-3H3,(H,35,39)/t31-/m0/s1. The average Bonchev–Trinajstić information content (AvgIpc) is 3.04. The molecule has 1 saturated carbocycles. The monoisotopic (exact) mass is 641 g/mol. The molecule has 0 aliphatic heterocycles. The highest BCUT2D eigenvalue weighted by molar-refractivity contribution is 7.92. The van der Waals surface area contributed by atoms with Crippen LogP contribution >= 0.6 is 11.6 Å². The molecule has 3 aromatic rings. The fourth-order valence-corrected chi connectivity index (χ4v) is 7.02. The van der Waals surface area contributed by atoms with Gasteiger partial charge in [-0.3, -0.25) is 13.9 Å². The summed E-state index contributed by atoms with van der Waals surface area (Å²) in [5.74, 6) is 0.387. The molecular weight excluding hydrogens is 602 g/mol. The molecule has 0 spiro atoms. The minimum Gasteiger partial charge on any atom is -0.497 e. The molecule has 0 heterocycles. The summed E-state index contributed by atoms with van der Waals surface area (Å²) in [4.78, 5) is 29.4. The van der Waals surface area contributed by atoms with Crippen LogP contribution in [-0.2, 0) is 26.2 Å². The van der Waals surface area contributed by atoms with Gasteiger partial charge in [-0.1, -0.05) is 56.0 Å². The second-order valence-corrected chi connectivity index (χ2v) is 13.1. The average molecular weight is 642 g/mol. The number of methoxy groups -OCH3 is 2. The molecule has 4 rings (SSSR count). The van der Waals surface area contributed by atoms with Crippen LogP contribution in [0.25, 0.3) is 0 Å². The second kappa shape index (κ2) is 15.3. The third-order valence-corrected chi connectivity index (χ3v) is 9.90. The van der Waals surface area contributed by atoms with Crippen molar-refractivity contribution in [1.82, 2.24) is 10.2 Å². The van der Waals surface area contributed by atoms with Crippen LogP contribution in [0.3, 0.4) is 0 Å². The quantitative estimate of drug-likeness (QED) is 0.253. The Morgan fingerprint density at radius 2 is 1.55 bits per heavy atom. The molecule has 9 nitrogen and oxygen atoms in total. The van der Waals surface area contributed by atoms with Gasteiger partial charge in [0.05, 0.1) is 24.8 Å². The van der Waals surface area contributed by atoms with Crippen molar-refractivity contribution in [2.24, 2.45) is 0 Å². The zero-order valence-electron chi connectivity index (χ0n) is 25.4. The van der Waals surface area contributed by atoms with Crippen LogP contribution in [0.1, 0.15) is 51.0 Å². The molecule has 1 aliphatic carbocycles. The third kappa shape index (κ3) is 8.24. The Labute approximate surface area is 265 Å². The lowest BCUT2D eigenvalue weighted by Gasteiger charge is -2.34. The molecule has 1 atom stereocenters. The molecule has 3 aromatic carbocycles. The van der Waals surface area contributed by atoms with Crippen molar-refractivity contribution in [3.8, 4) is 11.5 Å². The number of hydrogen-bond donors (Lipinski definition) is 1. The van der Waals surface area contributed by atoms with Gasteiger partial charge in [-0.25, -0.2) is 8.42 Å². The maximum absolute atomic E-state index is 14.3. The summed E-state index contributed by atoms with van der Waals surface area (Å²) in [5.41, 5.74) is 1.00. The molecule has 1 N–H and O–H groups in total. The van der Waals surface area contributed by atoms with Crippen molar-refractivity contribution in [1.29, 1.82) is 0 Å². The van der Waals surface area contributed by atoms with E-state index in [2.05, 4.69) is 5.32 Å². The van der Waals surface area contributed by atoms with Crippen molar-refractivity contribution in [3.63, 3.8) is 0 Å². The first-order valence-electron chi connectivity index (χ1n) is 14.8. The zero-order valence-corrected chi connectivity index (χ0v) is 26.9. The van der Waals surface area contributed by atoms with Gasteiger partial charge < -0.3 is 19.7 Å². The van der Waals surface area contributed by atoms with Gasteiger partial charge in [0.2, 0.25) is 11.8 Å². The van der Waals surface area contributed by atoms with Gasteiger partial charge in [0.25, 0.3) is 10.0 Å². The summed E-state index contributed by atoms with van der Waals surface area (Å²) in [6.07, 6.45) is 5.40. The number of hydrogen-bond acceptors (Lipinski definition) is 6. The Bertz CT molecular complexity index is 1510. The summed E-state index contributed by atoms with van der Waals surface area (Å²) < 4.78 is 39.6. The molecule has 44 heavy (non-hydrogen) atoms. The Morgan fingerprint density at radius 3 is 2.11 bits per heavy atom. The number of amides is 2. The number of carbonyl (C=O) groups is 2. The summed E-state index contributed by atoms with van der Waals surface area (Å²) >= 11 is 6.27. The van der Waals surface area contributed by atoms with Gasteiger partial charge in [0.1, 0.15) is 24.1 Å². The van der Waals surface area contributed by atoms with E-state index in [1.807, 2.05) is 19.1 Å². The Kier molecular flexibility index (Phi) is 11.5. The lowest BCUT2D eigenvalue weighted by atomic mass is 9.95. The van der Waals surface area contributed by atoms with E-state index in [0.29, 0.717) is 22.9 Å². The molecule has 2 amide bonds. The number of nitrogens with zero attached hydrogens (tertiary/aromatic N) is 2. The molecule has 0 bridgehead atoms. The molecule has 0 radical (unpaired) electrons. The largest absolute Gasteiger partial charge is 0.497 e. The number of nitrogens with one attached hydrogen (secondary N) is 1. The van der Waals surface area contributed by atoms with Crippen LogP contribution in [0.15, 0.2) is 77.7 Å². The summed E-state index contributed by atoms with van der Waals surface area (Å²) in [5, 5.41) is 3.47. The van der Waals surface area contributed by atoms with Crippen LogP contribution in [0, 0.1) is 0 Å². The highest BCUT2D eigenvalue weighted by Crippen LogP contribution is 2.28. The molecule has 0 unspecified atom stereocenters. The molecular formula is C33H40ClN3O6S. The van der Waals surface area contributed by atoms with Crippen LogP contribution in [-0.4, -0.2) is 58.0 Å². The fourth-order valence-electron chi connectivity index (χ4n) is 5.43. The topological polar surface area (TPSA) is 105 Å². The number of rotatable bonds is 13. The van der Waals surface area contributed by atoms with Crippen LogP contribution in [0.2, 0.25) is 5.02 Å². The summed E-state index contributed by atoms with van der Waals surface area (Å²) in [6, 6.07) is 18.8. The number of ether oxygens (including phenoxy) is 2. The highest BCUT2D eigenvalue weighted by atomic mass is 35.5. The lowest BCUT2D eigenvalue weighted by Crippen LogP contribution is -2.54. The normalized spacial score (nSPS) is 14.4. The van der Waals surface area contributed by atoms with Crippen molar-refractivity contribution in [2.75, 3.05) is 25.1 Å². The highest BCUT2D eigenvalue weighted by Gasteiger charge is 2.34. The summed E-state index contributed by atoms with van der Waals surface area (Å²) in [6.45, 7) is 1.41. The van der Waals surface area contributed by atoms with E-state index < -0.39 is 28.5 Å². The van der Waals surface area contributed by atoms with Crippen molar-refractivity contribution < 1.29 is 27.5 Å². The predicted molar refractivity (Wildman–Crippen MR) is 172 cm³/mol. The van der Waals surface area contributed by atoms with Crippen molar-refractivity contribution >= 4 is 39.1 Å². The number of anilines is 1. The van der Waals surface area contributed by atoms with Crippen LogP contribution in [0.4, 0.5) is 5.69 Å². The first-order valence-corrected chi connectivity index (χ1v) is 16.6. The Morgan fingerprint density at radius 1 is 0.932 bits per heavy atom. The van der Waals surface area contributed by atoms with E-state index in [1.54, 1.807) is 49.6 Å². The molecule has 0 aromatic heterocycles. The molecule has 11 heteroatoms. The van der Waals surface area contributed by atoms with Gasteiger partial charge in [-0.05, 0) is 79.4 Å². The third-order valence-electron chi connectivity index (χ3n) is 7.87. The number of halogens is 1. The smallest absolute Gasteiger partial charge is 0.264 e. The lowest BCUT2D eigenvalue weighted by molar-refractivity contribution is -0.140. The number of carbonyl (C=O) groups excluding carboxylic acids is 2. The minimum atomic E-state index is -4.23. The van der Waals surface area contributed by atoms with Gasteiger partial charge in [0.15, 0.2) is 0 Å². The maximum atomic E-state index is 14.3. The van der Waals surface area contributed by atoms with E-state index in [-0.39, 0.29) is 29.1 Å². The molecule has 1 fully saturated rings. The molecule has 0 saturated heterocycles. The predicted octanol–water partition coefficient (Wildman–Crippen LogP) is 5.81. The number of benzene rings is 3. The van der Waals surface area contributed by atoms with Gasteiger partial charge in [-0.2, -0.15) is 0 Å². The number of sulfonamides is 1. The maximum Gasteiger partial charge on any atom is 0.264 e. The zero-order chi connectivity index (χ0) is 31.7. The van der Waals surface area contributed by atoms with E-state index >= 15 is 0 Å². The van der Waals surface area contributed by atoms with E-state index in [4.69, 9.17) is 21.1 Å². The minimum absolute atomic E-state index is 0.0186.